The van der Waals surface area contributed by atoms with E-state index in [0.717, 1.165) is 63.0 Å². The normalized spacial score (nSPS) is 20.5. The molecular formula is C22H30N3O3+. The molecule has 1 aromatic carbocycles. The molecule has 28 heavy (non-hydrogen) atoms. The SMILES string of the molecule is O=C(C=Cc1ccc(C=CC(=O)[N+]2(C3CCNCC3)CCCCC2)cc1)NO. The quantitative estimate of drug-likeness (QED) is 0.315. The second kappa shape index (κ2) is 9.78. The Morgan fingerprint density at radius 2 is 1.54 bits per heavy atom. The molecule has 0 spiro atoms. The summed E-state index contributed by atoms with van der Waals surface area (Å²) >= 11 is 0. The number of nitrogens with zero attached hydrogens (tertiary/aromatic N) is 1. The second-order valence-corrected chi connectivity index (χ2v) is 7.67. The van der Waals surface area contributed by atoms with Crippen molar-refractivity contribution < 1.29 is 19.3 Å². The summed E-state index contributed by atoms with van der Waals surface area (Å²) in [6.07, 6.45) is 12.2. The zero-order valence-electron chi connectivity index (χ0n) is 16.3. The second-order valence-electron chi connectivity index (χ2n) is 7.67. The summed E-state index contributed by atoms with van der Waals surface area (Å²) in [5.74, 6) is -0.335. The van der Waals surface area contributed by atoms with Gasteiger partial charge in [-0.3, -0.25) is 14.5 Å². The molecule has 0 radical (unpaired) electrons. The molecule has 1 aromatic rings. The van der Waals surface area contributed by atoms with Crippen molar-refractivity contribution in [2.75, 3.05) is 26.2 Å². The van der Waals surface area contributed by atoms with E-state index in [1.54, 1.807) is 17.6 Å². The van der Waals surface area contributed by atoms with Crippen molar-refractivity contribution in [3.05, 3.63) is 47.5 Å². The van der Waals surface area contributed by atoms with Crippen molar-refractivity contribution >= 4 is 24.0 Å². The molecule has 2 amide bonds. The fourth-order valence-corrected chi connectivity index (χ4v) is 4.39. The molecule has 0 atom stereocenters. The number of nitrogens with one attached hydrogen (secondary N) is 2. The first-order valence-electron chi connectivity index (χ1n) is 10.2. The summed E-state index contributed by atoms with van der Waals surface area (Å²) in [6.45, 7) is 3.94. The van der Waals surface area contributed by atoms with E-state index in [-0.39, 0.29) is 5.91 Å². The van der Waals surface area contributed by atoms with Crippen molar-refractivity contribution in [3.8, 4) is 0 Å². The highest BCUT2D eigenvalue weighted by Crippen LogP contribution is 2.29. The maximum atomic E-state index is 13.3. The maximum absolute atomic E-state index is 13.3. The minimum absolute atomic E-state index is 0.232. The first-order chi connectivity index (χ1) is 13.6. The van der Waals surface area contributed by atoms with Crippen LogP contribution in [-0.2, 0) is 9.59 Å². The van der Waals surface area contributed by atoms with Gasteiger partial charge in [-0.1, -0.05) is 24.3 Å². The van der Waals surface area contributed by atoms with E-state index >= 15 is 0 Å². The topological polar surface area (TPSA) is 78.4 Å². The van der Waals surface area contributed by atoms with Crippen LogP contribution in [0.2, 0.25) is 0 Å². The summed E-state index contributed by atoms with van der Waals surface area (Å²) in [7, 11) is 0. The number of carbonyl (C=O) groups is 2. The first-order valence-corrected chi connectivity index (χ1v) is 10.2. The van der Waals surface area contributed by atoms with Gasteiger partial charge < -0.3 is 5.32 Å². The molecule has 3 rings (SSSR count). The molecule has 2 heterocycles. The molecule has 2 aliphatic rings. The smallest absolute Gasteiger partial charge is 0.316 e. The first kappa shape index (κ1) is 20.5. The van der Waals surface area contributed by atoms with Crippen molar-refractivity contribution in [2.24, 2.45) is 0 Å². The van der Waals surface area contributed by atoms with E-state index in [9.17, 15) is 9.59 Å². The third-order valence-electron chi connectivity index (χ3n) is 5.95. The Hall–Kier alpha value is -2.28. The van der Waals surface area contributed by atoms with Gasteiger partial charge in [0.15, 0.2) is 0 Å². The minimum Gasteiger partial charge on any atom is -0.316 e. The van der Waals surface area contributed by atoms with Crippen LogP contribution in [0.3, 0.4) is 0 Å². The molecule has 150 valence electrons. The van der Waals surface area contributed by atoms with Crippen LogP contribution in [0, 0.1) is 0 Å². The Morgan fingerprint density at radius 3 is 2.11 bits per heavy atom. The third kappa shape index (κ3) is 4.95. The number of likely N-dealkylation sites (tertiary alicyclic amines) is 1. The number of carbonyl (C=O) groups excluding carboxylic acids is 2. The van der Waals surface area contributed by atoms with E-state index in [2.05, 4.69) is 5.32 Å². The van der Waals surface area contributed by atoms with E-state index in [1.165, 1.54) is 12.5 Å². The predicted octanol–water partition coefficient (Wildman–Crippen LogP) is 2.50. The monoisotopic (exact) mass is 384 g/mol. The number of hydrogen-bond acceptors (Lipinski definition) is 4. The molecule has 2 saturated heterocycles. The number of quaternary nitrogens is 1. The molecule has 0 aliphatic carbocycles. The van der Waals surface area contributed by atoms with Gasteiger partial charge in [-0.25, -0.2) is 10.3 Å². The molecule has 0 unspecified atom stereocenters. The van der Waals surface area contributed by atoms with Crippen molar-refractivity contribution in [1.29, 1.82) is 0 Å². The van der Waals surface area contributed by atoms with Gasteiger partial charge >= 0.3 is 5.91 Å². The van der Waals surface area contributed by atoms with Gasteiger partial charge in [-0.15, -0.1) is 0 Å². The third-order valence-corrected chi connectivity index (χ3v) is 5.95. The Morgan fingerprint density at radius 1 is 0.964 bits per heavy atom. The zero-order chi connectivity index (χ0) is 19.8. The lowest BCUT2D eigenvalue weighted by Gasteiger charge is -2.45. The Labute approximate surface area is 166 Å². The average Bonchev–Trinajstić information content (AvgIpc) is 2.77. The summed E-state index contributed by atoms with van der Waals surface area (Å²) in [6, 6.07) is 8.03. The summed E-state index contributed by atoms with van der Waals surface area (Å²) < 4.78 is 0.620. The van der Waals surface area contributed by atoms with Crippen LogP contribution in [0.4, 0.5) is 0 Å². The molecule has 0 aromatic heterocycles. The Balaban J connectivity index is 1.69. The zero-order valence-corrected chi connectivity index (χ0v) is 16.3. The minimum atomic E-state index is -0.567. The van der Waals surface area contributed by atoms with E-state index < -0.39 is 5.91 Å². The fraction of sp³-hybridized carbons (Fsp3) is 0.455. The molecule has 0 saturated carbocycles. The standard InChI is InChI=1S/C22H29N3O3/c26-21(24-28)10-8-18-4-6-19(7-5-18)9-11-22(27)25(16-2-1-3-17-25)20-12-14-23-15-13-20/h4-11,20,23H,1-3,12-17H2,(H-,24,26,27,28)/p+1. The lowest BCUT2D eigenvalue weighted by molar-refractivity contribution is -0.883. The molecule has 2 aliphatic heterocycles. The summed E-state index contributed by atoms with van der Waals surface area (Å²) in [5, 5.41) is 11.9. The van der Waals surface area contributed by atoms with Gasteiger partial charge in [0.2, 0.25) is 0 Å². The molecule has 6 nitrogen and oxygen atoms in total. The van der Waals surface area contributed by atoms with Gasteiger partial charge in [0.05, 0.1) is 19.1 Å². The highest BCUT2D eigenvalue weighted by atomic mass is 16.5. The number of hydrogen-bond donors (Lipinski definition) is 3. The van der Waals surface area contributed by atoms with Crippen molar-refractivity contribution in [3.63, 3.8) is 0 Å². The van der Waals surface area contributed by atoms with Crippen LogP contribution < -0.4 is 10.8 Å². The maximum Gasteiger partial charge on any atom is 0.338 e. The number of piperidine rings is 2. The Bertz CT molecular complexity index is 728. The van der Waals surface area contributed by atoms with Crippen LogP contribution >= 0.6 is 0 Å². The van der Waals surface area contributed by atoms with E-state index in [0.29, 0.717) is 10.5 Å². The summed E-state index contributed by atoms with van der Waals surface area (Å²) in [4.78, 5) is 24.3. The van der Waals surface area contributed by atoms with Gasteiger partial charge in [0.1, 0.15) is 0 Å². The largest absolute Gasteiger partial charge is 0.338 e. The molecule has 2 fully saturated rings. The van der Waals surface area contributed by atoms with Gasteiger partial charge in [0.25, 0.3) is 5.91 Å². The lowest BCUT2D eigenvalue weighted by atomic mass is 9.96. The molecule has 0 bridgehead atoms. The van der Waals surface area contributed by atoms with E-state index in [4.69, 9.17) is 5.21 Å². The van der Waals surface area contributed by atoms with Crippen molar-refractivity contribution in [1.82, 2.24) is 10.8 Å². The predicted molar refractivity (Wildman–Crippen MR) is 109 cm³/mol. The Kier molecular flexibility index (Phi) is 7.14. The average molecular weight is 385 g/mol. The van der Waals surface area contributed by atoms with Crippen LogP contribution in [0.5, 0.6) is 0 Å². The summed E-state index contributed by atoms with van der Waals surface area (Å²) in [5.41, 5.74) is 3.37. The highest BCUT2D eigenvalue weighted by Gasteiger charge is 2.43. The number of hydroxylamine groups is 1. The van der Waals surface area contributed by atoms with Gasteiger partial charge in [-0.05, 0) is 42.5 Å². The number of rotatable bonds is 5. The van der Waals surface area contributed by atoms with Crippen LogP contribution in [-0.4, -0.2) is 53.7 Å². The lowest BCUT2D eigenvalue weighted by Crippen LogP contribution is -2.63. The van der Waals surface area contributed by atoms with Crippen LogP contribution in [0.1, 0.15) is 43.2 Å². The molecule has 3 N–H and O–H groups in total. The number of amides is 2. The van der Waals surface area contributed by atoms with Gasteiger partial charge in [0, 0.05) is 38.1 Å². The van der Waals surface area contributed by atoms with Crippen LogP contribution in [0.15, 0.2) is 36.4 Å². The molecule has 6 heteroatoms. The van der Waals surface area contributed by atoms with Gasteiger partial charge in [-0.2, -0.15) is 0 Å². The molecular weight excluding hydrogens is 354 g/mol. The van der Waals surface area contributed by atoms with E-state index in [1.807, 2.05) is 30.3 Å². The fourth-order valence-electron chi connectivity index (χ4n) is 4.39. The van der Waals surface area contributed by atoms with Crippen molar-refractivity contribution in [2.45, 2.75) is 38.1 Å². The highest BCUT2D eigenvalue weighted by molar-refractivity contribution is 5.91. The van der Waals surface area contributed by atoms with Crippen LogP contribution in [0.25, 0.3) is 12.2 Å². The number of benzene rings is 1.